The molecular weight excluding hydrogens is 426 g/mol. The molecule has 0 unspecified atom stereocenters. The number of para-hydroxylation sites is 1. The van der Waals surface area contributed by atoms with Crippen molar-refractivity contribution in [3.8, 4) is 11.5 Å². The van der Waals surface area contributed by atoms with Crippen molar-refractivity contribution >= 4 is 29.6 Å². The van der Waals surface area contributed by atoms with Crippen molar-refractivity contribution in [2.45, 2.75) is 13.0 Å². The second-order valence-corrected chi connectivity index (χ2v) is 7.69. The third-order valence-electron chi connectivity index (χ3n) is 5.29. The lowest BCUT2D eigenvalue weighted by Crippen LogP contribution is -2.20. The molecule has 3 aromatic heterocycles. The summed E-state index contributed by atoms with van der Waals surface area (Å²) >= 11 is 0. The molecule has 7 N–H and O–H groups in total. The van der Waals surface area contributed by atoms with Crippen LogP contribution in [0.2, 0.25) is 0 Å². The second kappa shape index (κ2) is 8.98. The molecule has 0 aliphatic carbocycles. The molecule has 4 aromatic rings. The molecule has 0 fully saturated rings. The molecule has 33 heavy (non-hydrogen) atoms. The van der Waals surface area contributed by atoms with E-state index < -0.39 is 0 Å². The van der Waals surface area contributed by atoms with E-state index in [0.29, 0.717) is 48.9 Å². The van der Waals surface area contributed by atoms with Gasteiger partial charge >= 0.3 is 0 Å². The Balaban J connectivity index is 1.34. The predicted molar refractivity (Wildman–Crippen MR) is 125 cm³/mol. The van der Waals surface area contributed by atoms with Gasteiger partial charge in [0.25, 0.3) is 0 Å². The van der Waals surface area contributed by atoms with E-state index in [1.54, 1.807) is 23.7 Å². The Hall–Kier alpha value is -4.42. The Bertz CT molecular complexity index is 1240. The van der Waals surface area contributed by atoms with Crippen LogP contribution in [0.4, 0.5) is 29.6 Å². The molecule has 0 aliphatic heterocycles. The minimum absolute atomic E-state index is 0.0966. The molecule has 0 radical (unpaired) electrons. The van der Waals surface area contributed by atoms with E-state index in [4.69, 9.17) is 5.73 Å². The summed E-state index contributed by atoms with van der Waals surface area (Å²) < 4.78 is 3.51. The number of hydrogen-bond acceptors (Lipinski definition) is 10. The topological polar surface area (TPSA) is 171 Å². The molecular formula is C20H27N11O2. The SMILES string of the molecule is CN(Cc1c[nH]c(Nc2nnc(N)n2C)c1)c1nnc(NCCc2cccc(O)c2O)n1C. The van der Waals surface area contributed by atoms with Crippen molar-refractivity contribution in [1.82, 2.24) is 34.5 Å². The Labute approximate surface area is 189 Å². The minimum atomic E-state index is -0.126. The van der Waals surface area contributed by atoms with Gasteiger partial charge in [-0.1, -0.05) is 12.1 Å². The van der Waals surface area contributed by atoms with Gasteiger partial charge in [-0.05, 0) is 29.7 Å². The van der Waals surface area contributed by atoms with Crippen LogP contribution in [0.25, 0.3) is 0 Å². The number of nitrogens with zero attached hydrogens (tertiary/aromatic N) is 7. The normalized spacial score (nSPS) is 11.0. The largest absolute Gasteiger partial charge is 0.504 e. The van der Waals surface area contributed by atoms with E-state index in [1.165, 1.54) is 6.07 Å². The molecule has 4 rings (SSSR count). The minimum Gasteiger partial charge on any atom is -0.504 e. The number of aromatic nitrogens is 7. The number of phenolic OH excluding ortho intramolecular Hbond substituents is 2. The number of nitrogens with one attached hydrogen (secondary N) is 3. The van der Waals surface area contributed by atoms with Crippen LogP contribution < -0.4 is 21.3 Å². The van der Waals surface area contributed by atoms with Crippen LogP contribution in [-0.4, -0.2) is 58.3 Å². The van der Waals surface area contributed by atoms with Gasteiger partial charge in [0, 0.05) is 40.4 Å². The summed E-state index contributed by atoms with van der Waals surface area (Å²) in [4.78, 5) is 5.14. The van der Waals surface area contributed by atoms with Crippen LogP contribution in [0, 0.1) is 0 Å². The standard InChI is InChI=1S/C20H27N11O2/c1-29(11-12-9-15(23-10-12)24-19-27-25-17(21)30(19)2)20-28-26-18(31(20)3)22-8-7-13-5-4-6-14(32)16(13)33/h4-6,9-10,23,32-33H,7-8,11H2,1-3H3,(H2,21,25)(H,22,26)(H,24,27). The number of benzene rings is 1. The lowest BCUT2D eigenvalue weighted by molar-refractivity contribution is 0.399. The molecule has 174 valence electrons. The highest BCUT2D eigenvalue weighted by atomic mass is 16.3. The number of phenols is 2. The summed E-state index contributed by atoms with van der Waals surface area (Å²) in [7, 11) is 5.59. The van der Waals surface area contributed by atoms with Gasteiger partial charge in [-0.25, -0.2) is 0 Å². The van der Waals surface area contributed by atoms with Crippen LogP contribution in [0.5, 0.6) is 11.5 Å². The van der Waals surface area contributed by atoms with Gasteiger partial charge < -0.3 is 36.5 Å². The summed E-state index contributed by atoms with van der Waals surface area (Å²) in [5, 5.41) is 42.2. The van der Waals surface area contributed by atoms with E-state index in [-0.39, 0.29) is 11.5 Å². The maximum atomic E-state index is 9.93. The molecule has 0 saturated heterocycles. The summed E-state index contributed by atoms with van der Waals surface area (Å²) in [5.41, 5.74) is 7.40. The lowest BCUT2D eigenvalue weighted by atomic mass is 10.1. The zero-order chi connectivity index (χ0) is 23.5. The smallest absolute Gasteiger partial charge is 0.231 e. The maximum Gasteiger partial charge on any atom is 0.231 e. The number of nitrogen functional groups attached to an aromatic ring is 1. The first-order valence-corrected chi connectivity index (χ1v) is 10.3. The zero-order valence-corrected chi connectivity index (χ0v) is 18.6. The number of aromatic hydroxyl groups is 2. The molecule has 0 atom stereocenters. The third kappa shape index (κ3) is 4.61. The molecule has 1 aromatic carbocycles. The molecule has 0 amide bonds. The quantitative estimate of drug-likeness (QED) is 0.203. The van der Waals surface area contributed by atoms with Crippen molar-refractivity contribution < 1.29 is 10.2 Å². The molecule has 0 aliphatic rings. The molecule has 0 saturated carbocycles. The van der Waals surface area contributed by atoms with Crippen molar-refractivity contribution in [2.75, 3.05) is 34.9 Å². The van der Waals surface area contributed by atoms with Gasteiger partial charge in [0.05, 0.1) is 0 Å². The van der Waals surface area contributed by atoms with Crippen LogP contribution >= 0.6 is 0 Å². The van der Waals surface area contributed by atoms with Gasteiger partial charge in [0.1, 0.15) is 5.82 Å². The third-order valence-corrected chi connectivity index (χ3v) is 5.29. The van der Waals surface area contributed by atoms with Gasteiger partial charge in [-0.15, -0.1) is 20.4 Å². The second-order valence-electron chi connectivity index (χ2n) is 7.69. The fourth-order valence-electron chi connectivity index (χ4n) is 3.41. The lowest BCUT2D eigenvalue weighted by Gasteiger charge is -2.17. The fourth-order valence-corrected chi connectivity index (χ4v) is 3.41. The monoisotopic (exact) mass is 453 g/mol. The number of nitrogens with two attached hydrogens (primary N) is 1. The van der Waals surface area contributed by atoms with Gasteiger partial charge in [0.15, 0.2) is 11.5 Å². The highest BCUT2D eigenvalue weighted by molar-refractivity contribution is 5.52. The van der Waals surface area contributed by atoms with E-state index in [1.807, 2.05) is 35.8 Å². The number of anilines is 5. The van der Waals surface area contributed by atoms with Crippen LogP contribution in [0.3, 0.4) is 0 Å². The van der Waals surface area contributed by atoms with Crippen molar-refractivity contribution in [1.29, 1.82) is 0 Å². The number of hydrogen-bond donors (Lipinski definition) is 6. The van der Waals surface area contributed by atoms with Crippen molar-refractivity contribution in [3.05, 3.63) is 41.6 Å². The Morgan fingerprint density at radius 1 is 1.09 bits per heavy atom. The molecule has 0 spiro atoms. The highest BCUT2D eigenvalue weighted by Crippen LogP contribution is 2.28. The molecule has 13 nitrogen and oxygen atoms in total. The fraction of sp³-hybridized carbons (Fsp3) is 0.300. The Morgan fingerprint density at radius 3 is 2.64 bits per heavy atom. The first kappa shape index (κ1) is 21.8. The zero-order valence-electron chi connectivity index (χ0n) is 18.6. The molecule has 3 heterocycles. The Morgan fingerprint density at radius 2 is 1.88 bits per heavy atom. The maximum absolute atomic E-state index is 9.93. The number of rotatable bonds is 9. The van der Waals surface area contributed by atoms with Crippen LogP contribution in [0.15, 0.2) is 30.5 Å². The number of aromatic amines is 1. The summed E-state index contributed by atoms with van der Waals surface area (Å²) in [6.45, 7) is 1.12. The summed E-state index contributed by atoms with van der Waals surface area (Å²) in [6, 6.07) is 6.89. The van der Waals surface area contributed by atoms with Crippen LogP contribution in [-0.2, 0) is 27.1 Å². The van der Waals surface area contributed by atoms with E-state index in [9.17, 15) is 10.2 Å². The molecule has 13 heteroatoms. The first-order chi connectivity index (χ1) is 15.8. The van der Waals surface area contributed by atoms with Gasteiger partial charge in [-0.3, -0.25) is 9.13 Å². The number of H-pyrrole nitrogens is 1. The predicted octanol–water partition coefficient (Wildman–Crippen LogP) is 1.30. The molecule has 0 bridgehead atoms. The van der Waals surface area contributed by atoms with Crippen molar-refractivity contribution in [2.24, 2.45) is 14.1 Å². The van der Waals surface area contributed by atoms with E-state index >= 15 is 0 Å². The van der Waals surface area contributed by atoms with E-state index in [0.717, 1.165) is 11.4 Å². The van der Waals surface area contributed by atoms with Crippen LogP contribution in [0.1, 0.15) is 11.1 Å². The van der Waals surface area contributed by atoms with Crippen molar-refractivity contribution in [3.63, 3.8) is 0 Å². The van der Waals surface area contributed by atoms with E-state index in [2.05, 4.69) is 36.0 Å². The highest BCUT2D eigenvalue weighted by Gasteiger charge is 2.15. The summed E-state index contributed by atoms with van der Waals surface area (Å²) in [6.07, 6.45) is 2.42. The van der Waals surface area contributed by atoms with Gasteiger partial charge in [-0.2, -0.15) is 0 Å². The van der Waals surface area contributed by atoms with Gasteiger partial charge in [0.2, 0.25) is 23.8 Å². The Kier molecular flexibility index (Phi) is 5.93. The average Bonchev–Trinajstić information content (AvgIpc) is 3.47. The first-order valence-electron chi connectivity index (χ1n) is 10.3. The summed E-state index contributed by atoms with van der Waals surface area (Å²) in [5.74, 6) is 2.71. The average molecular weight is 454 g/mol.